The average Bonchev–Trinajstić information content (AvgIpc) is 3.08. The van der Waals surface area contributed by atoms with Gasteiger partial charge >= 0.3 is 5.97 Å². The van der Waals surface area contributed by atoms with Crippen LogP contribution >= 0.6 is 0 Å². The van der Waals surface area contributed by atoms with E-state index < -0.39 is 34.5 Å². The molecule has 0 saturated carbocycles. The number of piperidine rings is 1. The number of esters is 1. The molecule has 1 amide bonds. The number of rotatable bonds is 6. The van der Waals surface area contributed by atoms with E-state index >= 15 is 0 Å². The van der Waals surface area contributed by atoms with Crippen molar-refractivity contribution in [1.82, 2.24) is 4.72 Å². The summed E-state index contributed by atoms with van der Waals surface area (Å²) in [7, 11) is -3.70. The molecule has 0 unspecified atom stereocenters. The Morgan fingerprint density at radius 1 is 1.09 bits per heavy atom. The van der Waals surface area contributed by atoms with E-state index in [9.17, 15) is 18.0 Å². The van der Waals surface area contributed by atoms with Crippen LogP contribution in [0.5, 0.6) is 0 Å². The Balaban J connectivity index is 1.30. The first-order chi connectivity index (χ1) is 15.8. The van der Waals surface area contributed by atoms with E-state index in [4.69, 9.17) is 4.74 Å². The number of carbonyl (C=O) groups excluding carboxylic acids is 2. The molecular formula is C23H26N4O5S. The molecule has 2 aromatic rings. The number of aliphatic imine (C=N–C) groups is 1. The van der Waals surface area contributed by atoms with Gasteiger partial charge in [0.2, 0.25) is 0 Å². The van der Waals surface area contributed by atoms with Gasteiger partial charge in [0.05, 0.1) is 4.90 Å². The van der Waals surface area contributed by atoms with Crippen molar-refractivity contribution in [2.24, 2.45) is 4.99 Å². The number of hydrogen-bond donors (Lipinski definition) is 2. The SMILES string of the molecule is C[C@H](N=C1NS(=O)(=O)c2ccccc21)C(=O)OCC(=O)Nc1ccc(N2CCCCC2)cc1. The summed E-state index contributed by atoms with van der Waals surface area (Å²) < 4.78 is 31.7. The number of sulfonamides is 1. The molecule has 33 heavy (non-hydrogen) atoms. The van der Waals surface area contributed by atoms with Gasteiger partial charge in [0, 0.05) is 30.0 Å². The smallest absolute Gasteiger partial charge is 0.331 e. The Labute approximate surface area is 192 Å². The normalized spacial score (nSPS) is 18.8. The summed E-state index contributed by atoms with van der Waals surface area (Å²) in [5.41, 5.74) is 2.13. The molecule has 1 fully saturated rings. The second-order valence-corrected chi connectivity index (χ2v) is 9.66. The molecule has 2 aromatic carbocycles. The number of hydrogen-bond acceptors (Lipinski definition) is 7. The van der Waals surface area contributed by atoms with Crippen molar-refractivity contribution in [1.29, 1.82) is 0 Å². The van der Waals surface area contributed by atoms with Gasteiger partial charge in [-0.25, -0.2) is 13.2 Å². The minimum Gasteiger partial charge on any atom is -0.454 e. The lowest BCUT2D eigenvalue weighted by atomic mass is 10.1. The lowest BCUT2D eigenvalue weighted by Crippen LogP contribution is -2.29. The van der Waals surface area contributed by atoms with Crippen molar-refractivity contribution in [2.45, 2.75) is 37.1 Å². The number of amides is 1. The van der Waals surface area contributed by atoms with Gasteiger partial charge in [-0.2, -0.15) is 0 Å². The molecule has 0 bridgehead atoms. The number of benzene rings is 2. The van der Waals surface area contributed by atoms with Gasteiger partial charge in [-0.3, -0.25) is 14.5 Å². The van der Waals surface area contributed by atoms with Crippen LogP contribution in [0.2, 0.25) is 0 Å². The van der Waals surface area contributed by atoms with Crippen LogP contribution in [-0.4, -0.2) is 51.9 Å². The maximum Gasteiger partial charge on any atom is 0.331 e. The van der Waals surface area contributed by atoms with E-state index in [2.05, 4.69) is 19.9 Å². The third kappa shape index (κ3) is 5.33. The second kappa shape index (κ2) is 9.62. The molecular weight excluding hydrogens is 444 g/mol. The fourth-order valence-corrected chi connectivity index (χ4v) is 5.08. The molecule has 2 heterocycles. The Morgan fingerprint density at radius 2 is 1.79 bits per heavy atom. The molecule has 2 aliphatic rings. The predicted molar refractivity (Wildman–Crippen MR) is 125 cm³/mol. The fourth-order valence-electron chi connectivity index (χ4n) is 3.84. The van der Waals surface area contributed by atoms with Crippen LogP contribution in [0.4, 0.5) is 11.4 Å². The zero-order chi connectivity index (χ0) is 23.4. The molecule has 9 nitrogen and oxygen atoms in total. The van der Waals surface area contributed by atoms with Crippen molar-refractivity contribution >= 4 is 39.1 Å². The quantitative estimate of drug-likeness (QED) is 0.626. The Kier molecular flexibility index (Phi) is 6.64. The number of amidine groups is 1. The number of anilines is 2. The number of fused-ring (bicyclic) bond motifs is 1. The number of carbonyl (C=O) groups is 2. The van der Waals surface area contributed by atoms with Crippen LogP contribution in [0.3, 0.4) is 0 Å². The highest BCUT2D eigenvalue weighted by atomic mass is 32.2. The molecule has 1 atom stereocenters. The van der Waals surface area contributed by atoms with Crippen LogP contribution in [0.25, 0.3) is 0 Å². The summed E-state index contributed by atoms with van der Waals surface area (Å²) >= 11 is 0. The summed E-state index contributed by atoms with van der Waals surface area (Å²) in [4.78, 5) is 31.1. The molecule has 0 radical (unpaired) electrons. The fraction of sp³-hybridized carbons (Fsp3) is 0.348. The van der Waals surface area contributed by atoms with Crippen molar-refractivity contribution < 1.29 is 22.7 Å². The number of nitrogens with zero attached hydrogens (tertiary/aromatic N) is 2. The zero-order valence-electron chi connectivity index (χ0n) is 18.3. The standard InChI is InChI=1S/C23H26N4O5S/c1-16(24-22-19-7-3-4-8-20(19)33(30,31)26-22)23(29)32-15-21(28)25-17-9-11-18(12-10-17)27-13-5-2-6-14-27/h3-4,7-12,16H,2,5-6,13-15H2,1H3,(H,24,26)(H,25,28)/t16-/m0/s1. The first-order valence-corrected chi connectivity index (χ1v) is 12.3. The molecule has 174 valence electrons. The Morgan fingerprint density at radius 3 is 2.52 bits per heavy atom. The van der Waals surface area contributed by atoms with Gasteiger partial charge in [0.1, 0.15) is 11.9 Å². The predicted octanol–water partition coefficient (Wildman–Crippen LogP) is 2.29. The monoisotopic (exact) mass is 470 g/mol. The number of ether oxygens (including phenoxy) is 1. The number of nitrogens with one attached hydrogen (secondary N) is 2. The Bertz CT molecular complexity index is 1170. The largest absolute Gasteiger partial charge is 0.454 e. The van der Waals surface area contributed by atoms with E-state index in [1.165, 1.54) is 32.3 Å². The molecule has 1 saturated heterocycles. The maximum absolute atomic E-state index is 12.3. The molecule has 2 aliphatic heterocycles. The molecule has 10 heteroatoms. The highest BCUT2D eigenvalue weighted by molar-refractivity contribution is 7.90. The average molecular weight is 471 g/mol. The molecule has 4 rings (SSSR count). The van der Waals surface area contributed by atoms with E-state index in [0.29, 0.717) is 11.3 Å². The van der Waals surface area contributed by atoms with Crippen molar-refractivity contribution in [3.8, 4) is 0 Å². The van der Waals surface area contributed by atoms with Gasteiger partial charge in [-0.05, 0) is 62.6 Å². The minimum absolute atomic E-state index is 0.0771. The zero-order valence-corrected chi connectivity index (χ0v) is 19.1. The Hall–Kier alpha value is -3.40. The topological polar surface area (TPSA) is 117 Å². The summed E-state index contributed by atoms with van der Waals surface area (Å²) in [5.74, 6) is -1.13. The third-order valence-electron chi connectivity index (χ3n) is 5.54. The van der Waals surface area contributed by atoms with E-state index in [1.54, 1.807) is 18.2 Å². The van der Waals surface area contributed by atoms with Crippen molar-refractivity contribution in [2.75, 3.05) is 29.9 Å². The third-order valence-corrected chi connectivity index (χ3v) is 6.94. The van der Waals surface area contributed by atoms with Crippen LogP contribution in [0, 0.1) is 0 Å². The van der Waals surface area contributed by atoms with E-state index in [0.717, 1.165) is 18.8 Å². The van der Waals surface area contributed by atoms with E-state index in [1.807, 2.05) is 24.3 Å². The van der Waals surface area contributed by atoms with E-state index in [-0.39, 0.29) is 10.7 Å². The first-order valence-electron chi connectivity index (χ1n) is 10.8. The maximum atomic E-state index is 12.3. The van der Waals surface area contributed by atoms with Gasteiger partial charge in [-0.1, -0.05) is 12.1 Å². The lowest BCUT2D eigenvalue weighted by Gasteiger charge is -2.28. The van der Waals surface area contributed by atoms with Gasteiger partial charge in [0.25, 0.3) is 15.9 Å². The highest BCUT2D eigenvalue weighted by Crippen LogP contribution is 2.23. The van der Waals surface area contributed by atoms with Crippen LogP contribution < -0.4 is 14.9 Å². The van der Waals surface area contributed by atoms with Crippen LogP contribution in [0.1, 0.15) is 31.7 Å². The lowest BCUT2D eigenvalue weighted by molar-refractivity contribution is -0.148. The van der Waals surface area contributed by atoms with Crippen molar-refractivity contribution in [3.63, 3.8) is 0 Å². The van der Waals surface area contributed by atoms with Crippen LogP contribution in [-0.2, 0) is 24.3 Å². The summed E-state index contributed by atoms with van der Waals surface area (Å²) in [6, 6.07) is 12.9. The van der Waals surface area contributed by atoms with Crippen LogP contribution in [0.15, 0.2) is 58.4 Å². The van der Waals surface area contributed by atoms with Gasteiger partial charge in [-0.15, -0.1) is 0 Å². The minimum atomic E-state index is -3.70. The van der Waals surface area contributed by atoms with Gasteiger partial charge < -0.3 is 15.0 Å². The van der Waals surface area contributed by atoms with Gasteiger partial charge in [0.15, 0.2) is 6.61 Å². The summed E-state index contributed by atoms with van der Waals surface area (Å²) in [6.07, 6.45) is 3.63. The first kappa shape index (κ1) is 22.8. The van der Waals surface area contributed by atoms with Crippen molar-refractivity contribution in [3.05, 3.63) is 54.1 Å². The second-order valence-electron chi connectivity index (χ2n) is 8.01. The molecule has 2 N–H and O–H groups in total. The summed E-state index contributed by atoms with van der Waals surface area (Å²) in [5, 5.41) is 2.70. The molecule has 0 spiro atoms. The summed E-state index contributed by atoms with van der Waals surface area (Å²) in [6.45, 7) is 3.08. The molecule has 0 aromatic heterocycles. The molecule has 0 aliphatic carbocycles. The highest BCUT2D eigenvalue weighted by Gasteiger charge is 2.31.